The summed E-state index contributed by atoms with van der Waals surface area (Å²) in [5, 5.41) is 1.92. The molecule has 0 N–H and O–H groups in total. The van der Waals surface area contributed by atoms with E-state index in [9.17, 15) is 0 Å². The summed E-state index contributed by atoms with van der Waals surface area (Å²) in [6.07, 6.45) is 8.45. The molecule has 2 aliphatic rings. The van der Waals surface area contributed by atoms with E-state index < -0.39 is 0 Å². The van der Waals surface area contributed by atoms with Gasteiger partial charge in [-0.05, 0) is 36.2 Å². The van der Waals surface area contributed by atoms with Gasteiger partial charge < -0.3 is 4.74 Å². The van der Waals surface area contributed by atoms with E-state index in [-0.39, 0.29) is 0 Å². The number of rotatable bonds is 0. The number of benzene rings is 1. The van der Waals surface area contributed by atoms with Crippen LogP contribution in [-0.4, -0.2) is 5.87 Å². The van der Waals surface area contributed by atoms with Crippen molar-refractivity contribution in [1.29, 1.82) is 0 Å². The summed E-state index contributed by atoms with van der Waals surface area (Å²) in [7, 11) is 0. The SMILES string of the molecule is C=C1/N=c2/cccc/c2=C/CC2=C(N=C=CC=C2)O1. The number of allylic oxidation sites excluding steroid dienone is 4. The summed E-state index contributed by atoms with van der Waals surface area (Å²) in [6.45, 7) is 3.82. The lowest BCUT2D eigenvalue weighted by atomic mass is 10.1. The third-order valence-electron chi connectivity index (χ3n) is 2.85. The van der Waals surface area contributed by atoms with Crippen molar-refractivity contribution in [2.45, 2.75) is 6.42 Å². The summed E-state index contributed by atoms with van der Waals surface area (Å²) in [6, 6.07) is 7.90. The van der Waals surface area contributed by atoms with Gasteiger partial charge in [0.05, 0.1) is 5.36 Å². The molecule has 0 saturated heterocycles. The van der Waals surface area contributed by atoms with E-state index in [0.717, 1.165) is 22.6 Å². The summed E-state index contributed by atoms with van der Waals surface area (Å²) < 4.78 is 5.61. The average Bonchev–Trinajstić information content (AvgIpc) is 2.59. The first kappa shape index (κ1) is 11.5. The molecule has 0 saturated carbocycles. The molecule has 3 rings (SSSR count). The van der Waals surface area contributed by atoms with Gasteiger partial charge in [0.2, 0.25) is 11.8 Å². The predicted molar refractivity (Wildman–Crippen MR) is 74.7 cm³/mol. The molecule has 3 heteroatoms. The van der Waals surface area contributed by atoms with Crippen LogP contribution in [0.1, 0.15) is 6.42 Å². The molecule has 0 aliphatic carbocycles. The van der Waals surface area contributed by atoms with Crippen molar-refractivity contribution < 1.29 is 4.74 Å². The lowest BCUT2D eigenvalue weighted by Gasteiger charge is -2.06. The van der Waals surface area contributed by atoms with Gasteiger partial charge in [-0.25, -0.2) is 4.99 Å². The third kappa shape index (κ3) is 2.46. The fourth-order valence-corrected chi connectivity index (χ4v) is 1.94. The summed E-state index contributed by atoms with van der Waals surface area (Å²) in [5.41, 5.74) is 0.981. The quantitative estimate of drug-likeness (QED) is 0.691. The minimum atomic E-state index is 0.330. The zero-order chi connectivity index (χ0) is 13.1. The Kier molecular flexibility index (Phi) is 2.97. The molecule has 19 heavy (non-hydrogen) atoms. The maximum Gasteiger partial charge on any atom is 0.232 e. The number of nitrogens with zero attached hydrogens (tertiary/aromatic N) is 2. The fraction of sp³-hybridized carbons (Fsp3) is 0.0625. The molecule has 92 valence electrons. The molecule has 0 amide bonds. The van der Waals surface area contributed by atoms with Crippen LogP contribution < -0.4 is 10.6 Å². The normalized spacial score (nSPS) is 20.5. The van der Waals surface area contributed by atoms with Crippen LogP contribution in [0.5, 0.6) is 0 Å². The summed E-state index contributed by atoms with van der Waals surface area (Å²) in [4.78, 5) is 8.53. The number of fused-ring (bicyclic) bond motifs is 1. The number of ether oxygens (including phenoxy) is 1. The first-order chi connectivity index (χ1) is 9.33. The molecule has 3 nitrogen and oxygen atoms in total. The molecule has 2 heterocycles. The van der Waals surface area contributed by atoms with Crippen molar-refractivity contribution in [3.05, 3.63) is 77.0 Å². The maximum atomic E-state index is 5.61. The van der Waals surface area contributed by atoms with Crippen LogP contribution in [0.25, 0.3) is 6.08 Å². The Morgan fingerprint density at radius 2 is 2.16 bits per heavy atom. The van der Waals surface area contributed by atoms with Crippen LogP contribution in [0, 0.1) is 0 Å². The van der Waals surface area contributed by atoms with Gasteiger partial charge in [-0.15, -0.1) is 0 Å². The van der Waals surface area contributed by atoms with E-state index in [1.54, 1.807) is 6.08 Å². The maximum absolute atomic E-state index is 5.61. The van der Waals surface area contributed by atoms with E-state index >= 15 is 0 Å². The van der Waals surface area contributed by atoms with Crippen LogP contribution in [0.4, 0.5) is 0 Å². The van der Waals surface area contributed by atoms with Crippen LogP contribution in [-0.2, 0) is 4.74 Å². The van der Waals surface area contributed by atoms with Gasteiger partial charge in [-0.3, -0.25) is 0 Å². The minimum absolute atomic E-state index is 0.330. The molecule has 0 unspecified atom stereocenters. The zero-order valence-corrected chi connectivity index (χ0v) is 10.3. The Hall–Kier alpha value is -2.64. The highest BCUT2D eigenvalue weighted by molar-refractivity contribution is 5.59. The van der Waals surface area contributed by atoms with Crippen LogP contribution >= 0.6 is 0 Å². The van der Waals surface area contributed by atoms with Gasteiger partial charge in [-0.1, -0.05) is 36.4 Å². The van der Waals surface area contributed by atoms with Gasteiger partial charge in [0.15, 0.2) is 0 Å². The van der Waals surface area contributed by atoms with Crippen LogP contribution in [0.3, 0.4) is 0 Å². The standard InChI is InChI=1S/C16H12N2O/c1-12-18-15-8-3-2-6-13(15)9-10-14-7-4-5-11-17-16(14)19-12/h2-9H,1,10H2/b13-9-,18-15-. The van der Waals surface area contributed by atoms with E-state index in [4.69, 9.17) is 4.74 Å². The highest BCUT2D eigenvalue weighted by Gasteiger charge is 2.08. The second-order valence-corrected chi connectivity index (χ2v) is 4.17. The highest BCUT2D eigenvalue weighted by Crippen LogP contribution is 2.18. The van der Waals surface area contributed by atoms with E-state index in [2.05, 4.69) is 28.5 Å². The molecule has 1 aromatic carbocycles. The first-order valence-electron chi connectivity index (χ1n) is 6.03. The number of hydrogen-bond acceptors (Lipinski definition) is 3. The van der Waals surface area contributed by atoms with Gasteiger partial charge in [0, 0.05) is 5.57 Å². The molecule has 0 spiro atoms. The molecular formula is C16H12N2O. The largest absolute Gasteiger partial charge is 0.420 e. The van der Waals surface area contributed by atoms with E-state index in [0.29, 0.717) is 11.8 Å². The van der Waals surface area contributed by atoms with Crippen LogP contribution in [0.2, 0.25) is 0 Å². The Morgan fingerprint density at radius 1 is 1.26 bits per heavy atom. The molecule has 1 aromatic rings. The van der Waals surface area contributed by atoms with Gasteiger partial charge >= 0.3 is 0 Å². The second kappa shape index (κ2) is 4.92. The van der Waals surface area contributed by atoms with Gasteiger partial charge in [-0.2, -0.15) is 4.99 Å². The van der Waals surface area contributed by atoms with Crippen LogP contribution in [0.15, 0.2) is 76.4 Å². The Balaban J connectivity index is 2.18. The molecule has 0 aromatic heterocycles. The number of aliphatic imine (C=N–C) groups is 1. The van der Waals surface area contributed by atoms with E-state index in [1.165, 1.54) is 0 Å². The van der Waals surface area contributed by atoms with Gasteiger partial charge in [0.25, 0.3) is 0 Å². The monoisotopic (exact) mass is 248 g/mol. The van der Waals surface area contributed by atoms with Crippen molar-refractivity contribution in [3.63, 3.8) is 0 Å². The van der Waals surface area contributed by atoms with Crippen molar-refractivity contribution in [1.82, 2.24) is 0 Å². The lowest BCUT2D eigenvalue weighted by molar-refractivity contribution is 0.295. The molecular weight excluding hydrogens is 236 g/mol. The Bertz CT molecular complexity index is 775. The van der Waals surface area contributed by atoms with Crippen molar-refractivity contribution in [2.75, 3.05) is 0 Å². The predicted octanol–water partition coefficient (Wildman–Crippen LogP) is 1.99. The molecule has 0 fully saturated rings. The minimum Gasteiger partial charge on any atom is -0.420 e. The Labute approximate surface area is 111 Å². The second-order valence-electron chi connectivity index (χ2n) is 4.17. The summed E-state index contributed by atoms with van der Waals surface area (Å²) >= 11 is 0. The smallest absolute Gasteiger partial charge is 0.232 e. The Morgan fingerprint density at radius 3 is 3.11 bits per heavy atom. The zero-order valence-electron chi connectivity index (χ0n) is 10.3. The van der Waals surface area contributed by atoms with Crippen molar-refractivity contribution in [2.24, 2.45) is 9.98 Å². The molecule has 0 radical (unpaired) electrons. The number of hydrogen-bond donors (Lipinski definition) is 0. The van der Waals surface area contributed by atoms with E-state index in [1.807, 2.05) is 36.4 Å². The number of para-hydroxylation sites is 1. The van der Waals surface area contributed by atoms with Gasteiger partial charge in [0.1, 0.15) is 0 Å². The van der Waals surface area contributed by atoms with Crippen molar-refractivity contribution in [3.8, 4) is 0 Å². The highest BCUT2D eigenvalue weighted by atomic mass is 16.5. The third-order valence-corrected chi connectivity index (χ3v) is 2.85. The fourth-order valence-electron chi connectivity index (χ4n) is 1.94. The summed E-state index contributed by atoms with van der Waals surface area (Å²) in [5.74, 6) is 3.62. The lowest BCUT2D eigenvalue weighted by Crippen LogP contribution is -2.24. The molecule has 2 aliphatic heterocycles. The topological polar surface area (TPSA) is 34.0 Å². The van der Waals surface area contributed by atoms with Crippen molar-refractivity contribution >= 4 is 11.9 Å². The first-order valence-corrected chi connectivity index (χ1v) is 6.03. The average molecular weight is 248 g/mol. The molecule has 0 atom stereocenters. The molecule has 0 bridgehead atoms.